The van der Waals surface area contributed by atoms with Gasteiger partial charge in [0.05, 0.1) is 14.2 Å². The molecule has 5 nitrogen and oxygen atoms in total. The van der Waals surface area contributed by atoms with Gasteiger partial charge in [-0.25, -0.2) is 0 Å². The third-order valence-corrected chi connectivity index (χ3v) is 8.39. The summed E-state index contributed by atoms with van der Waals surface area (Å²) in [5.41, 5.74) is 1.23. The highest BCUT2D eigenvalue weighted by molar-refractivity contribution is 8.01. The van der Waals surface area contributed by atoms with Crippen LogP contribution in [-0.2, 0) is 4.57 Å². The molecule has 0 aliphatic carbocycles. The summed E-state index contributed by atoms with van der Waals surface area (Å²) >= 11 is 0. The predicted octanol–water partition coefficient (Wildman–Crippen LogP) is 5.30. The molecule has 3 aromatic carbocycles. The Morgan fingerprint density at radius 1 is 0.710 bits per heavy atom. The number of carbonyl (C=O) groups excluding carboxylic acids is 2. The molecule has 0 aromatic heterocycles. The number of carbonyl (C=O) groups is 2. The van der Waals surface area contributed by atoms with E-state index in [1.807, 2.05) is 13.8 Å². The van der Waals surface area contributed by atoms with E-state index in [2.05, 4.69) is 0 Å². The maximum atomic E-state index is 14.6. The minimum Gasteiger partial charge on any atom is -0.496 e. The van der Waals surface area contributed by atoms with Gasteiger partial charge in [-0.3, -0.25) is 9.59 Å². The smallest absolute Gasteiger partial charge is 0.249 e. The molecule has 0 radical (unpaired) electrons. The molecule has 3 rings (SSSR count). The Morgan fingerprint density at radius 3 is 1.84 bits per heavy atom. The van der Waals surface area contributed by atoms with Crippen LogP contribution in [0.25, 0.3) is 0 Å². The first-order valence-electron chi connectivity index (χ1n) is 9.80. The van der Waals surface area contributed by atoms with Gasteiger partial charge in [0.25, 0.3) is 0 Å². The topological polar surface area (TPSA) is 69.7 Å². The monoisotopic (exact) mass is 436 g/mol. The minimum absolute atomic E-state index is 0.00209. The van der Waals surface area contributed by atoms with Crippen LogP contribution in [0, 0.1) is 20.8 Å². The molecule has 0 heterocycles. The Labute approximate surface area is 182 Å². The number of hydrogen-bond acceptors (Lipinski definition) is 5. The molecule has 0 aliphatic rings. The van der Waals surface area contributed by atoms with Crippen molar-refractivity contribution in [2.75, 3.05) is 14.2 Å². The van der Waals surface area contributed by atoms with Crippen LogP contribution in [0.5, 0.6) is 11.5 Å². The van der Waals surface area contributed by atoms with Crippen LogP contribution in [0.3, 0.4) is 0 Å². The van der Waals surface area contributed by atoms with Crippen LogP contribution in [-0.4, -0.2) is 25.3 Å². The Morgan fingerprint density at radius 2 is 1.29 bits per heavy atom. The van der Waals surface area contributed by atoms with Gasteiger partial charge in [-0.15, -0.1) is 0 Å². The van der Waals surface area contributed by atoms with Gasteiger partial charge in [-0.1, -0.05) is 48.5 Å². The van der Waals surface area contributed by atoms with Crippen molar-refractivity contribution in [3.05, 3.63) is 88.5 Å². The molecule has 160 valence electrons. The Hall–Kier alpha value is -3.17. The average Bonchev–Trinajstić information content (AvgIpc) is 2.81. The molecule has 1 unspecified atom stereocenters. The molecule has 31 heavy (non-hydrogen) atoms. The van der Waals surface area contributed by atoms with Gasteiger partial charge in [0.1, 0.15) is 17.1 Å². The summed E-state index contributed by atoms with van der Waals surface area (Å²) < 4.78 is 25.4. The van der Waals surface area contributed by atoms with E-state index < -0.39 is 18.2 Å². The number of rotatable bonds is 7. The highest BCUT2D eigenvalue weighted by Gasteiger charge is 2.46. The van der Waals surface area contributed by atoms with Crippen LogP contribution in [0.4, 0.5) is 0 Å². The normalized spacial score (nSPS) is 12.7. The van der Waals surface area contributed by atoms with E-state index in [1.54, 1.807) is 67.6 Å². The predicted molar refractivity (Wildman–Crippen MR) is 123 cm³/mol. The molecule has 0 amide bonds. The van der Waals surface area contributed by atoms with Crippen molar-refractivity contribution in [2.24, 2.45) is 0 Å². The summed E-state index contributed by atoms with van der Waals surface area (Å²) in [6, 6.07) is 16.5. The van der Waals surface area contributed by atoms with Crippen LogP contribution in [0.15, 0.2) is 60.7 Å². The Bertz CT molecular complexity index is 1180. The van der Waals surface area contributed by atoms with Gasteiger partial charge < -0.3 is 14.0 Å². The van der Waals surface area contributed by atoms with Crippen molar-refractivity contribution < 1.29 is 23.6 Å². The lowest BCUT2D eigenvalue weighted by Gasteiger charge is -2.22. The SMILES string of the molecule is COc1cccc(OC)c1C(=O)P(=O)(C(=O)c1ccccc1)c1ccc(C)c(C)c1C. The van der Waals surface area contributed by atoms with Crippen molar-refractivity contribution in [2.45, 2.75) is 20.8 Å². The van der Waals surface area contributed by atoms with Crippen LogP contribution in [0.2, 0.25) is 0 Å². The molecular weight excluding hydrogens is 411 g/mol. The van der Waals surface area contributed by atoms with Gasteiger partial charge >= 0.3 is 0 Å². The third-order valence-electron chi connectivity index (χ3n) is 5.60. The first kappa shape index (κ1) is 22.5. The van der Waals surface area contributed by atoms with E-state index in [0.717, 1.165) is 11.1 Å². The second-order valence-electron chi connectivity index (χ2n) is 7.27. The van der Waals surface area contributed by atoms with E-state index in [0.29, 0.717) is 5.56 Å². The largest absolute Gasteiger partial charge is 0.496 e. The molecule has 0 bridgehead atoms. The zero-order chi connectivity index (χ0) is 22.8. The lowest BCUT2D eigenvalue weighted by atomic mass is 10.1. The summed E-state index contributed by atoms with van der Waals surface area (Å²) in [5, 5.41) is 0.238. The first-order valence-corrected chi connectivity index (χ1v) is 11.5. The van der Waals surface area contributed by atoms with E-state index in [-0.39, 0.29) is 27.9 Å². The van der Waals surface area contributed by atoms with E-state index >= 15 is 0 Å². The molecule has 0 spiro atoms. The van der Waals surface area contributed by atoms with Crippen LogP contribution in [0.1, 0.15) is 37.4 Å². The van der Waals surface area contributed by atoms with Crippen molar-refractivity contribution in [3.8, 4) is 11.5 Å². The zero-order valence-electron chi connectivity index (χ0n) is 18.3. The summed E-state index contributed by atoms with van der Waals surface area (Å²) in [6.07, 6.45) is 0. The maximum Gasteiger partial charge on any atom is 0.249 e. The fourth-order valence-electron chi connectivity index (χ4n) is 3.58. The number of hydrogen-bond donors (Lipinski definition) is 0. The van der Waals surface area contributed by atoms with Crippen molar-refractivity contribution in [3.63, 3.8) is 0 Å². The zero-order valence-corrected chi connectivity index (χ0v) is 19.2. The number of aryl methyl sites for hydroxylation is 1. The Balaban J connectivity index is 2.36. The lowest BCUT2D eigenvalue weighted by molar-refractivity contribution is 0.103. The summed E-state index contributed by atoms with van der Waals surface area (Å²) in [7, 11) is -1.47. The van der Waals surface area contributed by atoms with Crippen molar-refractivity contribution in [1.82, 2.24) is 0 Å². The highest BCUT2D eigenvalue weighted by Crippen LogP contribution is 2.54. The molecule has 0 fully saturated rings. The van der Waals surface area contributed by atoms with Gasteiger partial charge in [0.2, 0.25) is 18.2 Å². The van der Waals surface area contributed by atoms with Crippen LogP contribution < -0.4 is 14.8 Å². The molecular formula is C25H25O5P. The second-order valence-corrected chi connectivity index (χ2v) is 9.79. The molecule has 1 atom stereocenters. The van der Waals surface area contributed by atoms with Gasteiger partial charge in [0.15, 0.2) is 0 Å². The number of ether oxygens (including phenoxy) is 2. The van der Waals surface area contributed by atoms with Crippen molar-refractivity contribution in [1.29, 1.82) is 0 Å². The van der Waals surface area contributed by atoms with Crippen LogP contribution >= 0.6 is 7.14 Å². The molecule has 0 saturated carbocycles. The van der Waals surface area contributed by atoms with Crippen molar-refractivity contribution >= 4 is 23.5 Å². The summed E-state index contributed by atoms with van der Waals surface area (Å²) in [5.74, 6) is 0.402. The molecule has 0 saturated heterocycles. The minimum atomic E-state index is -4.30. The summed E-state index contributed by atoms with van der Waals surface area (Å²) in [6.45, 7) is 5.61. The van der Waals surface area contributed by atoms with E-state index in [1.165, 1.54) is 14.2 Å². The fraction of sp³-hybridized carbons (Fsp3) is 0.200. The standard InChI is InChI=1S/C25H25O5P/c1-16-14-15-22(18(3)17(16)2)31(28,24(26)19-10-7-6-8-11-19)25(27)23-20(29-4)12-9-13-21(23)30-5/h6-15H,1-5H3. The average molecular weight is 436 g/mol. The van der Waals surface area contributed by atoms with Gasteiger partial charge in [-0.05, 0) is 49.6 Å². The van der Waals surface area contributed by atoms with Gasteiger partial charge in [0, 0.05) is 10.9 Å². The van der Waals surface area contributed by atoms with E-state index in [9.17, 15) is 14.2 Å². The molecule has 0 N–H and O–H groups in total. The fourth-order valence-corrected chi connectivity index (χ4v) is 6.17. The lowest BCUT2D eigenvalue weighted by Crippen LogP contribution is -2.24. The quantitative estimate of drug-likeness (QED) is 0.470. The van der Waals surface area contributed by atoms with Gasteiger partial charge in [-0.2, -0.15) is 0 Å². The summed E-state index contributed by atoms with van der Waals surface area (Å²) in [4.78, 5) is 27.6. The molecule has 6 heteroatoms. The second kappa shape index (κ2) is 8.91. The number of methoxy groups -OCH3 is 2. The maximum absolute atomic E-state index is 14.6. The Kier molecular flexibility index (Phi) is 6.47. The molecule has 3 aromatic rings. The third kappa shape index (κ3) is 3.82. The first-order chi connectivity index (χ1) is 14.8. The number of benzene rings is 3. The van der Waals surface area contributed by atoms with E-state index in [4.69, 9.17) is 9.47 Å². The molecule has 0 aliphatic heterocycles. The highest BCUT2D eigenvalue weighted by atomic mass is 31.2.